The number of hydrogen-bond acceptors (Lipinski definition) is 7. The van der Waals surface area contributed by atoms with Crippen LogP contribution in [0.4, 0.5) is 13.2 Å². The van der Waals surface area contributed by atoms with Gasteiger partial charge in [0.05, 0.1) is 37.2 Å². The number of rotatable bonds is 3. The molecule has 1 fully saturated rings. The average Bonchev–Trinajstić information content (AvgIpc) is 3.48. The van der Waals surface area contributed by atoms with Gasteiger partial charge in [-0.3, -0.25) is 19.4 Å². The van der Waals surface area contributed by atoms with E-state index in [-0.39, 0.29) is 49.7 Å². The number of hydrogen-bond donors (Lipinski definition) is 2. The minimum Gasteiger partial charge on any atom is -0.496 e. The lowest BCUT2D eigenvalue weighted by molar-refractivity contribution is -0.138. The van der Waals surface area contributed by atoms with Gasteiger partial charge in [0.2, 0.25) is 5.91 Å². The Morgan fingerprint density at radius 3 is 2.58 bits per heavy atom. The third-order valence-electron chi connectivity index (χ3n) is 8.10. The SMILES string of the molecule is COc1cc2ccc1CNC(=O)COc1cccc(c1)-c1cncc(c1)C(=O)N[C@H]1CN(C(=O)Cc3cccc(C(F)(F)F)c3)C[C@@H]1O2. The maximum atomic E-state index is 13.6. The summed E-state index contributed by atoms with van der Waals surface area (Å²) in [4.78, 5) is 45.3. The van der Waals surface area contributed by atoms with Crippen LogP contribution < -0.4 is 24.8 Å². The molecule has 4 heterocycles. The third-order valence-corrected chi connectivity index (χ3v) is 8.10. The van der Waals surface area contributed by atoms with Gasteiger partial charge in [0.1, 0.15) is 23.4 Å². The number of benzene rings is 3. The number of carbonyl (C=O) groups is 3. The first-order valence-corrected chi connectivity index (χ1v) is 15.1. The van der Waals surface area contributed by atoms with Crippen molar-refractivity contribution in [1.82, 2.24) is 20.5 Å². The first-order valence-electron chi connectivity index (χ1n) is 15.1. The summed E-state index contributed by atoms with van der Waals surface area (Å²) in [5, 5.41) is 5.78. The molecule has 0 spiro atoms. The molecule has 1 saturated heterocycles. The Morgan fingerprint density at radius 1 is 0.958 bits per heavy atom. The lowest BCUT2D eigenvalue weighted by atomic mass is 10.1. The highest BCUT2D eigenvalue weighted by atomic mass is 19.4. The summed E-state index contributed by atoms with van der Waals surface area (Å²) in [7, 11) is 1.48. The van der Waals surface area contributed by atoms with Crippen molar-refractivity contribution in [3.05, 3.63) is 107 Å². The fourth-order valence-electron chi connectivity index (χ4n) is 5.63. The summed E-state index contributed by atoms with van der Waals surface area (Å²) in [6.45, 7) is 0.0553. The number of nitrogens with one attached hydrogen (secondary N) is 2. The second-order valence-corrected chi connectivity index (χ2v) is 11.4. The highest BCUT2D eigenvalue weighted by molar-refractivity contribution is 5.95. The summed E-state index contributed by atoms with van der Waals surface area (Å²) in [6, 6.07) is 17.7. The van der Waals surface area contributed by atoms with Gasteiger partial charge < -0.3 is 29.7 Å². The van der Waals surface area contributed by atoms with Gasteiger partial charge in [-0.15, -0.1) is 0 Å². The third kappa shape index (κ3) is 7.51. The van der Waals surface area contributed by atoms with Gasteiger partial charge in [-0.05, 0) is 47.5 Å². The molecule has 3 aromatic carbocycles. The monoisotopic (exact) mass is 660 g/mol. The van der Waals surface area contributed by atoms with E-state index in [0.717, 1.165) is 12.1 Å². The fraction of sp³-hybridized carbons (Fsp3) is 0.257. The van der Waals surface area contributed by atoms with E-state index in [1.165, 1.54) is 30.3 Å². The molecule has 4 aromatic rings. The number of methoxy groups -OCH3 is 1. The molecule has 10 nitrogen and oxygen atoms in total. The van der Waals surface area contributed by atoms with Crippen molar-refractivity contribution in [2.75, 3.05) is 26.8 Å². The number of fused-ring (bicyclic) bond motifs is 7. The summed E-state index contributed by atoms with van der Waals surface area (Å²) < 4.78 is 57.4. The zero-order valence-corrected chi connectivity index (χ0v) is 25.8. The lowest BCUT2D eigenvalue weighted by Gasteiger charge is -2.22. The molecule has 3 aliphatic heterocycles. The molecule has 3 amide bonds. The molecular weight excluding hydrogens is 629 g/mol. The van der Waals surface area contributed by atoms with E-state index in [2.05, 4.69) is 15.6 Å². The summed E-state index contributed by atoms with van der Waals surface area (Å²) >= 11 is 0. The van der Waals surface area contributed by atoms with E-state index < -0.39 is 35.7 Å². The summed E-state index contributed by atoms with van der Waals surface area (Å²) in [5.41, 5.74) is 1.65. The van der Waals surface area contributed by atoms with Crippen molar-refractivity contribution < 1.29 is 41.8 Å². The van der Waals surface area contributed by atoms with Crippen LogP contribution in [0.25, 0.3) is 11.1 Å². The van der Waals surface area contributed by atoms with Crippen LogP contribution in [0.15, 0.2) is 85.2 Å². The molecule has 48 heavy (non-hydrogen) atoms. The zero-order chi connectivity index (χ0) is 33.8. The van der Waals surface area contributed by atoms with Crippen LogP contribution in [-0.2, 0) is 28.7 Å². The zero-order valence-electron chi connectivity index (χ0n) is 25.8. The predicted octanol–water partition coefficient (Wildman–Crippen LogP) is 4.42. The quantitative estimate of drug-likeness (QED) is 0.334. The van der Waals surface area contributed by atoms with Gasteiger partial charge in [-0.2, -0.15) is 13.2 Å². The molecule has 0 aliphatic carbocycles. The topological polar surface area (TPSA) is 119 Å². The van der Waals surface area contributed by atoms with E-state index in [9.17, 15) is 27.6 Å². The standard InChI is InChI=1S/C35H31F3N4O6/c1-46-30-14-28-9-8-23(30)17-40-32(43)20-47-27-7-3-5-22(13-27)24-12-25(16-39-15-24)34(45)41-29-18-42(19-31(29)48-28)33(44)11-21-4-2-6-26(10-21)35(36,37)38/h2-10,12-16,29,31H,11,17-20H2,1H3,(H,40,43)(H,41,45)/t29-,31-/m0/s1. The number of nitrogens with zero attached hydrogens (tertiary/aromatic N) is 2. The van der Waals surface area contributed by atoms with Gasteiger partial charge in [-0.1, -0.05) is 30.3 Å². The van der Waals surface area contributed by atoms with Crippen LogP contribution in [0.5, 0.6) is 17.2 Å². The van der Waals surface area contributed by atoms with E-state index in [4.69, 9.17) is 14.2 Å². The second kappa shape index (κ2) is 13.6. The molecule has 7 rings (SSSR count). The van der Waals surface area contributed by atoms with E-state index >= 15 is 0 Å². The lowest BCUT2D eigenvalue weighted by Crippen LogP contribution is -2.45. The number of pyridine rings is 1. The van der Waals surface area contributed by atoms with Crippen molar-refractivity contribution in [3.8, 4) is 28.4 Å². The van der Waals surface area contributed by atoms with Gasteiger partial charge in [0.15, 0.2) is 6.61 Å². The molecule has 0 unspecified atom stereocenters. The number of likely N-dealkylation sites (tertiary alicyclic amines) is 1. The number of aromatic nitrogens is 1. The Morgan fingerprint density at radius 2 is 1.77 bits per heavy atom. The summed E-state index contributed by atoms with van der Waals surface area (Å²) in [5.74, 6) is 0.0603. The van der Waals surface area contributed by atoms with Crippen LogP contribution in [0.2, 0.25) is 0 Å². The molecule has 0 saturated carbocycles. The molecule has 0 radical (unpaired) electrons. The van der Waals surface area contributed by atoms with Gasteiger partial charge in [0, 0.05) is 42.7 Å². The van der Waals surface area contributed by atoms with Crippen molar-refractivity contribution in [3.63, 3.8) is 0 Å². The Kier molecular flexibility index (Phi) is 9.19. The van der Waals surface area contributed by atoms with Crippen molar-refractivity contribution >= 4 is 17.7 Å². The number of ether oxygens (including phenoxy) is 3. The van der Waals surface area contributed by atoms with Crippen molar-refractivity contribution in [1.29, 1.82) is 0 Å². The minimum absolute atomic E-state index is 0.0575. The van der Waals surface area contributed by atoms with Crippen LogP contribution in [0, 0.1) is 0 Å². The number of carbonyl (C=O) groups excluding carboxylic acids is 3. The first kappa shape index (κ1) is 32.4. The van der Waals surface area contributed by atoms with Gasteiger partial charge in [0.25, 0.3) is 11.8 Å². The van der Waals surface area contributed by atoms with Crippen LogP contribution in [0.3, 0.4) is 0 Å². The molecule has 13 heteroatoms. The number of halogens is 3. The molecule has 6 bridgehead atoms. The minimum atomic E-state index is -4.54. The fourth-order valence-corrected chi connectivity index (χ4v) is 5.63. The Hall–Kier alpha value is -5.59. The van der Waals surface area contributed by atoms with Crippen LogP contribution in [0.1, 0.15) is 27.0 Å². The average molecular weight is 661 g/mol. The van der Waals surface area contributed by atoms with Crippen LogP contribution >= 0.6 is 0 Å². The predicted molar refractivity (Wildman–Crippen MR) is 167 cm³/mol. The maximum absolute atomic E-state index is 13.6. The molecule has 3 aliphatic rings. The number of alkyl halides is 3. The van der Waals surface area contributed by atoms with Gasteiger partial charge in [-0.25, -0.2) is 0 Å². The molecule has 248 valence electrons. The van der Waals surface area contributed by atoms with E-state index in [1.807, 2.05) is 6.07 Å². The summed E-state index contributed by atoms with van der Waals surface area (Å²) in [6.07, 6.45) is -2.51. The first-order chi connectivity index (χ1) is 23.1. The highest BCUT2D eigenvalue weighted by Crippen LogP contribution is 2.31. The molecule has 1 aromatic heterocycles. The largest absolute Gasteiger partial charge is 0.496 e. The Labute approximate surface area is 273 Å². The van der Waals surface area contributed by atoms with Gasteiger partial charge >= 0.3 is 6.18 Å². The van der Waals surface area contributed by atoms with E-state index in [1.54, 1.807) is 48.7 Å². The van der Waals surface area contributed by atoms with Crippen LogP contribution in [-0.4, -0.2) is 66.6 Å². The molecular formula is C35H31F3N4O6. The van der Waals surface area contributed by atoms with Crippen molar-refractivity contribution in [2.45, 2.75) is 31.3 Å². The highest BCUT2D eigenvalue weighted by Gasteiger charge is 2.38. The smallest absolute Gasteiger partial charge is 0.416 e. The van der Waals surface area contributed by atoms with Crippen molar-refractivity contribution in [2.24, 2.45) is 0 Å². The molecule has 2 atom stereocenters. The Balaban J connectivity index is 1.30. The Bertz CT molecular complexity index is 1850. The van der Waals surface area contributed by atoms with E-state index in [0.29, 0.717) is 33.9 Å². The molecule has 2 N–H and O–H groups in total. The number of amides is 3. The maximum Gasteiger partial charge on any atom is 0.416 e. The normalized spacial score (nSPS) is 18.1. The second-order valence-electron chi connectivity index (χ2n) is 11.4.